The quantitative estimate of drug-likeness (QED) is 0.805. The summed E-state index contributed by atoms with van der Waals surface area (Å²) in [5.74, 6) is -0.00155. The van der Waals surface area contributed by atoms with Gasteiger partial charge >= 0.3 is 0 Å². The molecule has 1 aromatic heterocycles. The van der Waals surface area contributed by atoms with Gasteiger partial charge in [-0.3, -0.25) is 4.79 Å². The van der Waals surface area contributed by atoms with E-state index in [0.717, 1.165) is 5.69 Å². The highest BCUT2D eigenvalue weighted by Crippen LogP contribution is 2.11. The van der Waals surface area contributed by atoms with E-state index in [1.807, 2.05) is 37.6 Å². The fourth-order valence-electron chi connectivity index (χ4n) is 0.886. The minimum atomic E-state index is -0.0218. The third-order valence-corrected chi connectivity index (χ3v) is 2.27. The van der Waals surface area contributed by atoms with Crippen molar-refractivity contribution >= 4 is 22.9 Å². The number of hydrogen-bond donors (Lipinski definition) is 2. The number of carbonyl (C=O) groups excluding carboxylic acids is 1. The highest BCUT2D eigenvalue weighted by molar-refractivity contribution is 7.08. The van der Waals surface area contributed by atoms with Gasteiger partial charge in [0.15, 0.2) is 0 Å². The fraction of sp³-hybridized carbons (Fsp3) is 0.500. The maximum atomic E-state index is 11.4. The van der Waals surface area contributed by atoms with Crippen LogP contribution in [0.2, 0.25) is 0 Å². The van der Waals surface area contributed by atoms with E-state index >= 15 is 0 Å². The standard InChI is InChI=1S/C10H16N2OS/c1-10(2,3)11-6-9(13)12-8-4-5-14-7-8/h4-5,7,11H,6H2,1-3H3,(H,12,13). The monoisotopic (exact) mass is 212 g/mol. The van der Waals surface area contributed by atoms with Gasteiger partial charge < -0.3 is 10.6 Å². The highest BCUT2D eigenvalue weighted by Gasteiger charge is 2.11. The molecule has 0 unspecified atom stereocenters. The van der Waals surface area contributed by atoms with Crippen molar-refractivity contribution < 1.29 is 4.79 Å². The Labute approximate surface area is 88.5 Å². The summed E-state index contributed by atoms with van der Waals surface area (Å²) in [4.78, 5) is 11.4. The molecule has 0 bridgehead atoms. The van der Waals surface area contributed by atoms with Crippen LogP contribution in [0.4, 0.5) is 5.69 Å². The Balaban J connectivity index is 2.30. The van der Waals surface area contributed by atoms with E-state index in [-0.39, 0.29) is 11.4 Å². The number of amides is 1. The van der Waals surface area contributed by atoms with Crippen LogP contribution in [0.15, 0.2) is 16.8 Å². The van der Waals surface area contributed by atoms with E-state index in [0.29, 0.717) is 6.54 Å². The lowest BCUT2D eigenvalue weighted by molar-refractivity contribution is -0.115. The zero-order chi connectivity index (χ0) is 10.6. The van der Waals surface area contributed by atoms with Crippen molar-refractivity contribution in [3.63, 3.8) is 0 Å². The Morgan fingerprint density at radius 2 is 2.21 bits per heavy atom. The summed E-state index contributed by atoms with van der Waals surface area (Å²) >= 11 is 1.57. The molecular weight excluding hydrogens is 196 g/mol. The van der Waals surface area contributed by atoms with Gasteiger partial charge in [0.25, 0.3) is 0 Å². The Morgan fingerprint density at radius 3 is 2.71 bits per heavy atom. The second-order valence-corrected chi connectivity index (χ2v) is 4.94. The minimum absolute atomic E-state index is 0.00155. The topological polar surface area (TPSA) is 41.1 Å². The average Bonchev–Trinajstić information content (AvgIpc) is 2.52. The molecule has 1 rings (SSSR count). The van der Waals surface area contributed by atoms with Gasteiger partial charge in [-0.15, -0.1) is 0 Å². The van der Waals surface area contributed by atoms with Gasteiger partial charge in [0, 0.05) is 10.9 Å². The zero-order valence-electron chi connectivity index (χ0n) is 8.76. The van der Waals surface area contributed by atoms with E-state index in [4.69, 9.17) is 0 Å². The molecule has 1 aromatic rings. The summed E-state index contributed by atoms with van der Waals surface area (Å²) < 4.78 is 0. The first kappa shape index (κ1) is 11.2. The van der Waals surface area contributed by atoms with Crippen LogP contribution in [0, 0.1) is 0 Å². The third kappa shape index (κ3) is 4.39. The van der Waals surface area contributed by atoms with Gasteiger partial charge in [-0.05, 0) is 32.2 Å². The molecule has 1 amide bonds. The number of rotatable bonds is 3. The second-order valence-electron chi connectivity index (χ2n) is 4.16. The highest BCUT2D eigenvalue weighted by atomic mass is 32.1. The maximum Gasteiger partial charge on any atom is 0.238 e. The number of hydrogen-bond acceptors (Lipinski definition) is 3. The van der Waals surface area contributed by atoms with Crippen LogP contribution in [0.25, 0.3) is 0 Å². The molecule has 0 fully saturated rings. The maximum absolute atomic E-state index is 11.4. The molecule has 1 heterocycles. The van der Waals surface area contributed by atoms with Crippen LogP contribution in [0.5, 0.6) is 0 Å². The van der Waals surface area contributed by atoms with E-state index in [2.05, 4.69) is 10.6 Å². The molecule has 0 aliphatic rings. The van der Waals surface area contributed by atoms with E-state index in [1.165, 1.54) is 0 Å². The smallest absolute Gasteiger partial charge is 0.238 e. The van der Waals surface area contributed by atoms with Gasteiger partial charge in [0.05, 0.1) is 12.2 Å². The van der Waals surface area contributed by atoms with Crippen LogP contribution in [-0.4, -0.2) is 18.0 Å². The Morgan fingerprint density at radius 1 is 1.50 bits per heavy atom. The molecule has 0 atom stereocenters. The second kappa shape index (κ2) is 4.57. The molecule has 2 N–H and O–H groups in total. The SMILES string of the molecule is CC(C)(C)NCC(=O)Nc1ccsc1. The van der Waals surface area contributed by atoms with Gasteiger partial charge in [-0.1, -0.05) is 0 Å². The summed E-state index contributed by atoms with van der Waals surface area (Å²) in [5, 5.41) is 9.78. The van der Waals surface area contributed by atoms with Gasteiger partial charge in [-0.2, -0.15) is 11.3 Å². The number of carbonyl (C=O) groups is 1. The van der Waals surface area contributed by atoms with Gasteiger partial charge in [0.1, 0.15) is 0 Å². The predicted molar refractivity (Wildman–Crippen MR) is 60.7 cm³/mol. The molecule has 0 saturated carbocycles. The largest absolute Gasteiger partial charge is 0.324 e. The minimum Gasteiger partial charge on any atom is -0.324 e. The fourth-order valence-corrected chi connectivity index (χ4v) is 1.47. The van der Waals surface area contributed by atoms with Crippen LogP contribution >= 0.6 is 11.3 Å². The molecule has 0 aliphatic carbocycles. The predicted octanol–water partition coefficient (Wildman–Crippen LogP) is 2.07. The number of nitrogens with one attached hydrogen (secondary N) is 2. The zero-order valence-corrected chi connectivity index (χ0v) is 9.57. The van der Waals surface area contributed by atoms with Crippen molar-refractivity contribution in [2.24, 2.45) is 0 Å². The van der Waals surface area contributed by atoms with Crippen LogP contribution in [0.1, 0.15) is 20.8 Å². The molecule has 0 radical (unpaired) electrons. The summed E-state index contributed by atoms with van der Waals surface area (Å²) in [7, 11) is 0. The first-order valence-electron chi connectivity index (χ1n) is 4.54. The van der Waals surface area contributed by atoms with Crippen molar-refractivity contribution in [2.45, 2.75) is 26.3 Å². The summed E-state index contributed by atoms with van der Waals surface area (Å²) in [6.07, 6.45) is 0. The van der Waals surface area contributed by atoms with Crippen molar-refractivity contribution in [3.8, 4) is 0 Å². The van der Waals surface area contributed by atoms with E-state index in [1.54, 1.807) is 11.3 Å². The molecular formula is C10H16N2OS. The molecule has 0 saturated heterocycles. The lowest BCUT2D eigenvalue weighted by Crippen LogP contribution is -2.41. The summed E-state index contributed by atoms with van der Waals surface area (Å²) in [6, 6.07) is 1.89. The van der Waals surface area contributed by atoms with Crippen LogP contribution < -0.4 is 10.6 Å². The summed E-state index contributed by atoms with van der Waals surface area (Å²) in [5.41, 5.74) is 0.849. The number of thiophene rings is 1. The Kier molecular flexibility index (Phi) is 3.66. The lowest BCUT2D eigenvalue weighted by Gasteiger charge is -2.19. The molecule has 0 aliphatic heterocycles. The number of anilines is 1. The molecule has 3 nitrogen and oxygen atoms in total. The normalized spacial score (nSPS) is 11.4. The Bertz CT molecular complexity index is 288. The first-order chi connectivity index (χ1) is 6.47. The Hall–Kier alpha value is -0.870. The molecule has 0 aromatic carbocycles. The van der Waals surface area contributed by atoms with Crippen molar-refractivity contribution in [1.82, 2.24) is 5.32 Å². The third-order valence-electron chi connectivity index (χ3n) is 1.58. The van der Waals surface area contributed by atoms with Crippen LogP contribution in [0.3, 0.4) is 0 Å². The van der Waals surface area contributed by atoms with Gasteiger partial charge in [0.2, 0.25) is 5.91 Å². The van der Waals surface area contributed by atoms with Gasteiger partial charge in [-0.25, -0.2) is 0 Å². The van der Waals surface area contributed by atoms with Crippen molar-refractivity contribution in [3.05, 3.63) is 16.8 Å². The molecule has 0 spiro atoms. The first-order valence-corrected chi connectivity index (χ1v) is 5.49. The lowest BCUT2D eigenvalue weighted by atomic mass is 10.1. The molecule has 4 heteroatoms. The van der Waals surface area contributed by atoms with E-state index < -0.39 is 0 Å². The van der Waals surface area contributed by atoms with Crippen LogP contribution in [-0.2, 0) is 4.79 Å². The van der Waals surface area contributed by atoms with Crippen molar-refractivity contribution in [1.29, 1.82) is 0 Å². The van der Waals surface area contributed by atoms with Crippen molar-refractivity contribution in [2.75, 3.05) is 11.9 Å². The molecule has 78 valence electrons. The summed E-state index contributed by atoms with van der Waals surface area (Å²) in [6.45, 7) is 6.44. The van der Waals surface area contributed by atoms with E-state index in [9.17, 15) is 4.79 Å². The molecule has 14 heavy (non-hydrogen) atoms. The average molecular weight is 212 g/mol.